The normalized spacial score (nSPS) is 12.6. The third-order valence-electron chi connectivity index (χ3n) is 3.08. The minimum absolute atomic E-state index is 0.0151. The number of hydrogen-bond acceptors (Lipinski definition) is 6. The molecule has 0 aliphatic heterocycles. The largest absolute Gasteiger partial charge is 0.550 e. The third kappa shape index (κ3) is 6.54. The van der Waals surface area contributed by atoms with Gasteiger partial charge in [0.1, 0.15) is 0 Å². The van der Waals surface area contributed by atoms with Crippen LogP contribution >= 0.6 is 0 Å². The molecule has 0 fully saturated rings. The molecule has 6 nitrogen and oxygen atoms in total. The fourth-order valence-electron chi connectivity index (χ4n) is 2.03. The fourth-order valence-corrected chi connectivity index (χ4v) is 2.03. The summed E-state index contributed by atoms with van der Waals surface area (Å²) in [7, 11) is 0. The molecule has 1 atom stereocenters. The third-order valence-corrected chi connectivity index (χ3v) is 3.08. The molecule has 0 aromatic rings. The highest BCUT2D eigenvalue weighted by atomic mass is 16.5. The molecule has 0 aromatic carbocycles. The van der Waals surface area contributed by atoms with E-state index in [9.17, 15) is 19.5 Å². The van der Waals surface area contributed by atoms with Crippen LogP contribution in [0.3, 0.4) is 0 Å². The van der Waals surface area contributed by atoms with E-state index in [0.717, 1.165) is 0 Å². The Morgan fingerprint density at radius 3 is 2.00 bits per heavy atom. The zero-order chi connectivity index (χ0) is 15.8. The summed E-state index contributed by atoms with van der Waals surface area (Å²) in [5.41, 5.74) is -0.850. The van der Waals surface area contributed by atoms with Crippen LogP contribution in [0.2, 0.25) is 0 Å². The maximum absolute atomic E-state index is 11.5. The fraction of sp³-hybridized carbons (Fsp3) is 0.786. The second kappa shape index (κ2) is 8.55. The van der Waals surface area contributed by atoms with Crippen LogP contribution in [0.25, 0.3) is 0 Å². The first kappa shape index (κ1) is 18.4. The maximum Gasteiger partial charge on any atom is 0.306 e. The molecular weight excluding hydrogens is 264 g/mol. The van der Waals surface area contributed by atoms with Gasteiger partial charge in [0.05, 0.1) is 19.6 Å². The van der Waals surface area contributed by atoms with Crippen molar-refractivity contribution in [3.8, 4) is 0 Å². The Morgan fingerprint density at radius 1 is 1.05 bits per heavy atom. The second-order valence-corrected chi connectivity index (χ2v) is 5.19. The summed E-state index contributed by atoms with van der Waals surface area (Å²) in [5, 5.41) is 11.2. The molecule has 20 heavy (non-hydrogen) atoms. The minimum Gasteiger partial charge on any atom is -0.550 e. The van der Waals surface area contributed by atoms with Crippen molar-refractivity contribution < 1.29 is 29.0 Å². The van der Waals surface area contributed by atoms with Gasteiger partial charge < -0.3 is 19.4 Å². The number of carbonyl (C=O) groups excluding carboxylic acids is 3. The summed E-state index contributed by atoms with van der Waals surface area (Å²) in [4.78, 5) is 34.0. The summed E-state index contributed by atoms with van der Waals surface area (Å²) in [6, 6.07) is 0. The van der Waals surface area contributed by atoms with Crippen molar-refractivity contribution in [3.05, 3.63) is 0 Å². The Kier molecular flexibility index (Phi) is 7.87. The highest BCUT2D eigenvalue weighted by Gasteiger charge is 2.33. The first-order chi connectivity index (χ1) is 9.24. The molecule has 116 valence electrons. The van der Waals surface area contributed by atoms with E-state index in [1.165, 1.54) is 0 Å². The number of esters is 2. The van der Waals surface area contributed by atoms with Crippen molar-refractivity contribution in [2.24, 2.45) is 11.3 Å². The highest BCUT2D eigenvalue weighted by Crippen LogP contribution is 2.34. The number of hydrogen-bond donors (Lipinski definition) is 0. The number of rotatable bonds is 9. The molecule has 0 saturated carbocycles. The lowest BCUT2D eigenvalue weighted by Crippen LogP contribution is -2.41. The van der Waals surface area contributed by atoms with E-state index in [2.05, 4.69) is 0 Å². The number of carbonyl (C=O) groups is 3. The number of carboxylic acid groups (broad SMARTS) is 1. The average molecular weight is 287 g/mol. The molecular formula is C14H23O6-. The summed E-state index contributed by atoms with van der Waals surface area (Å²) in [5.74, 6) is -3.11. The van der Waals surface area contributed by atoms with Crippen LogP contribution in [0.15, 0.2) is 0 Å². The monoisotopic (exact) mass is 287 g/mol. The zero-order valence-electron chi connectivity index (χ0n) is 12.6. The average Bonchev–Trinajstić information content (AvgIpc) is 2.27. The predicted molar refractivity (Wildman–Crippen MR) is 69.4 cm³/mol. The lowest BCUT2D eigenvalue weighted by molar-refractivity contribution is -0.315. The van der Waals surface area contributed by atoms with E-state index in [1.54, 1.807) is 27.7 Å². The number of ether oxygens (including phenoxy) is 2. The van der Waals surface area contributed by atoms with Gasteiger partial charge in [0.15, 0.2) is 0 Å². The van der Waals surface area contributed by atoms with Gasteiger partial charge in [-0.1, -0.05) is 13.8 Å². The molecule has 0 radical (unpaired) electrons. The Labute approximate surface area is 119 Å². The molecule has 0 heterocycles. The molecule has 0 spiro atoms. The van der Waals surface area contributed by atoms with Gasteiger partial charge in [0.2, 0.25) is 0 Å². The van der Waals surface area contributed by atoms with Gasteiger partial charge >= 0.3 is 11.9 Å². The molecule has 0 saturated heterocycles. The molecule has 0 aliphatic carbocycles. The number of aliphatic carboxylic acids is 1. The second-order valence-electron chi connectivity index (χ2n) is 5.19. The summed E-state index contributed by atoms with van der Waals surface area (Å²) in [6.45, 7) is 7.15. The van der Waals surface area contributed by atoms with Crippen LogP contribution in [0.5, 0.6) is 0 Å². The van der Waals surface area contributed by atoms with E-state index in [1.807, 2.05) is 0 Å². The van der Waals surface area contributed by atoms with Crippen molar-refractivity contribution in [1.29, 1.82) is 0 Å². The zero-order valence-corrected chi connectivity index (χ0v) is 12.6. The van der Waals surface area contributed by atoms with Gasteiger partial charge in [-0.15, -0.1) is 0 Å². The molecule has 1 unspecified atom stereocenters. The van der Waals surface area contributed by atoms with Crippen molar-refractivity contribution in [2.75, 3.05) is 13.2 Å². The Hall–Kier alpha value is -1.59. The highest BCUT2D eigenvalue weighted by molar-refractivity contribution is 5.75. The summed E-state index contributed by atoms with van der Waals surface area (Å²) >= 11 is 0. The molecule has 0 rings (SSSR count). The minimum atomic E-state index is -1.27. The molecule has 0 N–H and O–H groups in total. The van der Waals surface area contributed by atoms with E-state index < -0.39 is 29.2 Å². The SMILES string of the molecule is CCOC(=O)CCC(C(=O)[O-])C(C)(C)CC(=O)OCC. The Morgan fingerprint density at radius 2 is 1.55 bits per heavy atom. The molecule has 0 bridgehead atoms. The van der Waals surface area contributed by atoms with E-state index in [4.69, 9.17) is 9.47 Å². The van der Waals surface area contributed by atoms with E-state index in [0.29, 0.717) is 0 Å². The van der Waals surface area contributed by atoms with E-state index in [-0.39, 0.29) is 32.5 Å². The van der Waals surface area contributed by atoms with Crippen LogP contribution in [0.4, 0.5) is 0 Å². The first-order valence-corrected chi connectivity index (χ1v) is 6.76. The van der Waals surface area contributed by atoms with Crippen molar-refractivity contribution in [2.45, 2.75) is 47.0 Å². The number of carboxylic acids is 1. The molecule has 6 heteroatoms. The van der Waals surface area contributed by atoms with Crippen LogP contribution in [-0.4, -0.2) is 31.1 Å². The van der Waals surface area contributed by atoms with Gasteiger partial charge in [-0.05, 0) is 25.7 Å². The van der Waals surface area contributed by atoms with Crippen LogP contribution < -0.4 is 5.11 Å². The van der Waals surface area contributed by atoms with Gasteiger partial charge in [-0.25, -0.2) is 0 Å². The van der Waals surface area contributed by atoms with Crippen molar-refractivity contribution in [3.63, 3.8) is 0 Å². The smallest absolute Gasteiger partial charge is 0.306 e. The van der Waals surface area contributed by atoms with Crippen LogP contribution in [0.1, 0.15) is 47.0 Å². The van der Waals surface area contributed by atoms with Gasteiger partial charge in [0, 0.05) is 18.3 Å². The Balaban J connectivity index is 4.67. The molecule has 0 aromatic heterocycles. The lowest BCUT2D eigenvalue weighted by Gasteiger charge is -2.34. The maximum atomic E-state index is 11.5. The lowest BCUT2D eigenvalue weighted by atomic mass is 9.74. The van der Waals surface area contributed by atoms with E-state index >= 15 is 0 Å². The van der Waals surface area contributed by atoms with Gasteiger partial charge in [0.25, 0.3) is 0 Å². The van der Waals surface area contributed by atoms with Crippen LogP contribution in [0, 0.1) is 11.3 Å². The summed E-state index contributed by atoms with van der Waals surface area (Å²) in [6.07, 6.45) is 0.0224. The standard InChI is InChI=1S/C14H24O6/c1-5-19-11(15)8-7-10(13(17)18)14(3,4)9-12(16)20-6-2/h10H,5-9H2,1-4H3,(H,17,18)/p-1. The summed E-state index contributed by atoms with van der Waals surface area (Å²) < 4.78 is 9.59. The van der Waals surface area contributed by atoms with Crippen molar-refractivity contribution >= 4 is 17.9 Å². The topological polar surface area (TPSA) is 92.7 Å². The van der Waals surface area contributed by atoms with Crippen molar-refractivity contribution in [1.82, 2.24) is 0 Å². The Bertz CT molecular complexity index is 348. The first-order valence-electron chi connectivity index (χ1n) is 6.76. The quantitative estimate of drug-likeness (QED) is 0.579. The molecule has 0 aliphatic rings. The predicted octanol–water partition coefficient (Wildman–Crippen LogP) is 0.675. The van der Waals surface area contributed by atoms with Gasteiger partial charge in [-0.2, -0.15) is 0 Å². The van der Waals surface area contributed by atoms with Gasteiger partial charge in [-0.3, -0.25) is 9.59 Å². The van der Waals surface area contributed by atoms with Crippen LogP contribution in [-0.2, 0) is 23.9 Å². The molecule has 0 amide bonds.